The summed E-state index contributed by atoms with van der Waals surface area (Å²) in [5.41, 5.74) is -5.25. The Morgan fingerprint density at radius 3 is 1.18 bits per heavy atom. The molecule has 22 heavy (non-hydrogen) atoms. The Balaban J connectivity index is 2.39. The van der Waals surface area contributed by atoms with Gasteiger partial charge in [-0.05, 0) is 90.3 Å². The second-order valence-corrected chi connectivity index (χ2v) is 8.17. The topological polar surface area (TPSA) is 68.3 Å². The van der Waals surface area contributed by atoms with E-state index < -0.39 is 37.2 Å². The molecule has 0 amide bonds. The summed E-state index contributed by atoms with van der Waals surface area (Å²) in [6.07, 6.45) is 1.74. The lowest BCUT2D eigenvalue weighted by Gasteiger charge is -2.67. The lowest BCUT2D eigenvalue weighted by atomic mass is 9.34. The summed E-state index contributed by atoms with van der Waals surface area (Å²) in [5.74, 6) is -0.00360. The van der Waals surface area contributed by atoms with E-state index in [4.69, 9.17) is 46.4 Å². The molecule has 4 bridgehead atoms. The van der Waals surface area contributed by atoms with Crippen molar-refractivity contribution in [2.24, 2.45) is 28.1 Å². The highest BCUT2D eigenvalue weighted by molar-refractivity contribution is 6.77. The van der Waals surface area contributed by atoms with Crippen LogP contribution in [0.5, 0.6) is 0 Å². The van der Waals surface area contributed by atoms with Crippen molar-refractivity contribution in [1.29, 1.82) is 0 Å². The SMILES string of the molecule is O=C(Cl)C12CC3CC(C1)CC(C(=O)Cl)(C3)C2(C(=O)Cl)C(=O)Cl. The van der Waals surface area contributed by atoms with E-state index in [1.807, 2.05) is 0 Å². The number of rotatable bonds is 4. The summed E-state index contributed by atoms with van der Waals surface area (Å²) in [6, 6.07) is 0. The minimum absolute atomic E-state index is 0.00180. The van der Waals surface area contributed by atoms with Crippen molar-refractivity contribution in [2.45, 2.75) is 32.1 Å². The van der Waals surface area contributed by atoms with E-state index in [1.54, 1.807) is 0 Å². The normalized spacial score (nSPS) is 41.3. The second kappa shape index (κ2) is 4.92. The number of hydrogen-bond donors (Lipinski definition) is 0. The first-order valence-electron chi connectivity index (χ1n) is 6.94. The highest BCUT2D eigenvalue weighted by atomic mass is 35.5. The maximum absolute atomic E-state index is 12.4. The Bertz CT molecular complexity index is 550. The monoisotopic (exact) mass is 384 g/mol. The Morgan fingerprint density at radius 2 is 0.955 bits per heavy atom. The molecule has 0 aliphatic heterocycles. The van der Waals surface area contributed by atoms with E-state index >= 15 is 0 Å². The minimum atomic E-state index is -2.17. The van der Waals surface area contributed by atoms with Crippen molar-refractivity contribution in [3.8, 4) is 0 Å². The van der Waals surface area contributed by atoms with Crippen LogP contribution in [0.2, 0.25) is 0 Å². The molecule has 4 aliphatic rings. The predicted octanol–water partition coefficient (Wildman–Crippen LogP) is 3.23. The minimum Gasteiger partial charge on any atom is -0.281 e. The third kappa shape index (κ3) is 1.62. The first kappa shape index (κ1) is 16.7. The molecule has 0 N–H and O–H groups in total. The highest BCUT2D eigenvalue weighted by Gasteiger charge is 2.81. The van der Waals surface area contributed by atoms with Crippen molar-refractivity contribution < 1.29 is 19.2 Å². The van der Waals surface area contributed by atoms with Gasteiger partial charge in [0.05, 0.1) is 10.8 Å². The van der Waals surface area contributed by atoms with E-state index in [2.05, 4.69) is 0 Å². The van der Waals surface area contributed by atoms with Crippen LogP contribution in [0.3, 0.4) is 0 Å². The van der Waals surface area contributed by atoms with Crippen molar-refractivity contribution in [3.05, 3.63) is 0 Å². The summed E-state index contributed by atoms with van der Waals surface area (Å²) >= 11 is 23.2. The highest BCUT2D eigenvalue weighted by Crippen LogP contribution is 2.75. The molecular formula is C14H12Cl4O4. The first-order chi connectivity index (χ1) is 10.1. The summed E-state index contributed by atoms with van der Waals surface area (Å²) in [6.45, 7) is 0. The van der Waals surface area contributed by atoms with Gasteiger partial charge in [-0.2, -0.15) is 0 Å². The van der Waals surface area contributed by atoms with Gasteiger partial charge in [0.25, 0.3) is 0 Å². The molecule has 4 nitrogen and oxygen atoms in total. The molecule has 0 aromatic heterocycles. The zero-order valence-corrected chi connectivity index (χ0v) is 14.4. The van der Waals surface area contributed by atoms with Crippen LogP contribution in [0, 0.1) is 28.1 Å². The zero-order valence-electron chi connectivity index (χ0n) is 11.3. The molecule has 0 spiro atoms. The van der Waals surface area contributed by atoms with Crippen LogP contribution in [-0.4, -0.2) is 21.0 Å². The van der Waals surface area contributed by atoms with Crippen LogP contribution < -0.4 is 0 Å². The Hall–Kier alpha value is -0.160. The van der Waals surface area contributed by atoms with Crippen molar-refractivity contribution in [1.82, 2.24) is 0 Å². The molecule has 4 saturated carbocycles. The Labute approximate surface area is 146 Å². The van der Waals surface area contributed by atoms with Gasteiger partial charge in [-0.25, -0.2) is 0 Å². The number of carbonyl (C=O) groups is 4. The van der Waals surface area contributed by atoms with Crippen LogP contribution in [-0.2, 0) is 19.2 Å². The molecule has 0 atom stereocenters. The molecule has 0 saturated heterocycles. The molecule has 0 aromatic carbocycles. The maximum Gasteiger partial charge on any atom is 0.238 e. The summed E-state index contributed by atoms with van der Waals surface area (Å²) in [5, 5.41) is -3.91. The van der Waals surface area contributed by atoms with Crippen LogP contribution in [0.1, 0.15) is 32.1 Å². The first-order valence-corrected chi connectivity index (χ1v) is 8.45. The van der Waals surface area contributed by atoms with Gasteiger partial charge >= 0.3 is 0 Å². The average molecular weight is 386 g/mol. The fraction of sp³-hybridized carbons (Fsp3) is 0.714. The number of hydrogen-bond acceptors (Lipinski definition) is 4. The fourth-order valence-corrected chi connectivity index (χ4v) is 7.14. The standard InChI is InChI=1S/C14H12Cl4O4/c15-8(19)12-2-6-1-7(4-12)5-13(3-6,9(16)20)14(12,10(17)21)11(18)22/h6-7H,1-5H2. The van der Waals surface area contributed by atoms with Crippen molar-refractivity contribution >= 4 is 67.4 Å². The zero-order chi connectivity index (χ0) is 16.5. The van der Waals surface area contributed by atoms with E-state index in [9.17, 15) is 19.2 Å². The smallest absolute Gasteiger partial charge is 0.238 e. The molecule has 8 heteroatoms. The van der Waals surface area contributed by atoms with Crippen molar-refractivity contribution in [2.75, 3.05) is 0 Å². The number of halogens is 4. The van der Waals surface area contributed by atoms with Crippen LogP contribution in [0.15, 0.2) is 0 Å². The van der Waals surface area contributed by atoms with Gasteiger partial charge in [-0.15, -0.1) is 0 Å². The van der Waals surface area contributed by atoms with E-state index in [0.717, 1.165) is 6.42 Å². The molecule has 4 aliphatic carbocycles. The van der Waals surface area contributed by atoms with Crippen molar-refractivity contribution in [3.63, 3.8) is 0 Å². The maximum atomic E-state index is 12.4. The molecular weight excluding hydrogens is 374 g/mol. The summed E-state index contributed by atoms with van der Waals surface area (Å²) in [4.78, 5) is 49.3. The lowest BCUT2D eigenvalue weighted by molar-refractivity contribution is -0.208. The third-order valence-corrected chi connectivity index (χ3v) is 7.28. The summed E-state index contributed by atoms with van der Waals surface area (Å²) in [7, 11) is 0. The summed E-state index contributed by atoms with van der Waals surface area (Å²) < 4.78 is 0. The largest absolute Gasteiger partial charge is 0.281 e. The van der Waals surface area contributed by atoms with Gasteiger partial charge < -0.3 is 0 Å². The van der Waals surface area contributed by atoms with Gasteiger partial charge in [0.1, 0.15) is 5.41 Å². The molecule has 4 rings (SSSR count). The quantitative estimate of drug-likeness (QED) is 0.550. The molecule has 0 radical (unpaired) electrons. The average Bonchev–Trinajstić information content (AvgIpc) is 2.36. The van der Waals surface area contributed by atoms with E-state index in [0.29, 0.717) is 0 Å². The van der Waals surface area contributed by atoms with Gasteiger partial charge in [0, 0.05) is 0 Å². The van der Waals surface area contributed by atoms with Crippen LogP contribution in [0.4, 0.5) is 0 Å². The van der Waals surface area contributed by atoms with Crippen LogP contribution in [0.25, 0.3) is 0 Å². The van der Waals surface area contributed by atoms with Gasteiger partial charge in [0.15, 0.2) is 0 Å². The van der Waals surface area contributed by atoms with Crippen LogP contribution >= 0.6 is 46.4 Å². The fourth-order valence-electron chi connectivity index (χ4n) is 5.60. The Kier molecular flexibility index (Phi) is 3.73. The molecule has 0 aromatic rings. The van der Waals surface area contributed by atoms with E-state index in [1.165, 1.54) is 0 Å². The van der Waals surface area contributed by atoms with Gasteiger partial charge in [-0.3, -0.25) is 19.2 Å². The Morgan fingerprint density at radius 1 is 0.636 bits per heavy atom. The van der Waals surface area contributed by atoms with Gasteiger partial charge in [-0.1, -0.05) is 0 Å². The third-order valence-electron chi connectivity index (χ3n) is 5.99. The molecule has 0 heterocycles. The second-order valence-electron chi connectivity index (χ2n) is 6.79. The van der Waals surface area contributed by atoms with Gasteiger partial charge in [0.2, 0.25) is 21.0 Å². The number of carbonyl (C=O) groups excluding carboxylic acids is 4. The molecule has 4 fully saturated rings. The lowest BCUT2D eigenvalue weighted by Crippen LogP contribution is -2.73. The van der Waals surface area contributed by atoms with E-state index in [-0.39, 0.29) is 37.5 Å². The molecule has 0 unspecified atom stereocenters. The predicted molar refractivity (Wildman–Crippen MR) is 80.8 cm³/mol. The molecule has 120 valence electrons.